The zero-order valence-corrected chi connectivity index (χ0v) is 11.4. The van der Waals surface area contributed by atoms with E-state index in [0.717, 1.165) is 5.92 Å². The Hall–Kier alpha value is -1.08. The van der Waals surface area contributed by atoms with E-state index in [-0.39, 0.29) is 0 Å². The van der Waals surface area contributed by atoms with Crippen molar-refractivity contribution in [3.63, 3.8) is 0 Å². The maximum atomic E-state index is 3.85. The van der Waals surface area contributed by atoms with E-state index in [4.69, 9.17) is 0 Å². The van der Waals surface area contributed by atoms with Crippen LogP contribution in [0.25, 0.3) is 0 Å². The maximum Gasteiger partial charge on any atom is 0.0207 e. The van der Waals surface area contributed by atoms with Gasteiger partial charge in [0.05, 0.1) is 0 Å². The van der Waals surface area contributed by atoms with Crippen molar-refractivity contribution in [3.8, 4) is 0 Å². The van der Waals surface area contributed by atoms with Crippen molar-refractivity contribution in [3.05, 3.63) is 47.5 Å². The molecule has 1 nitrogen and oxygen atoms in total. The molecule has 5 aliphatic rings. The minimum absolute atomic E-state index is 0.425. The summed E-state index contributed by atoms with van der Waals surface area (Å²) in [4.78, 5) is 0. The van der Waals surface area contributed by atoms with Gasteiger partial charge in [0.25, 0.3) is 0 Å². The van der Waals surface area contributed by atoms with Gasteiger partial charge in [0, 0.05) is 16.9 Å². The largest absolute Gasteiger partial charge is 0.313 e. The van der Waals surface area contributed by atoms with Crippen LogP contribution in [0.2, 0.25) is 0 Å². The molecule has 2 fully saturated rings. The average Bonchev–Trinajstić information content (AvgIpc) is 2.47. The Labute approximate surface area is 115 Å². The molecule has 1 aliphatic heterocycles. The molecule has 0 unspecified atom stereocenters. The molecule has 4 atom stereocenters. The second-order valence-corrected chi connectivity index (χ2v) is 7.10. The van der Waals surface area contributed by atoms with Crippen LogP contribution >= 0.6 is 0 Å². The van der Waals surface area contributed by atoms with Crippen molar-refractivity contribution in [2.45, 2.75) is 43.6 Å². The van der Waals surface area contributed by atoms with Crippen LogP contribution in [-0.4, -0.2) is 12.6 Å². The predicted molar refractivity (Wildman–Crippen MR) is 77.1 cm³/mol. The number of nitrogens with one attached hydrogen (secondary N) is 1. The van der Waals surface area contributed by atoms with Crippen LogP contribution < -0.4 is 5.32 Å². The molecule has 1 aromatic rings. The highest BCUT2D eigenvalue weighted by molar-refractivity contribution is 5.47. The summed E-state index contributed by atoms with van der Waals surface area (Å²) in [5.41, 5.74) is 4.19. The highest BCUT2D eigenvalue weighted by atomic mass is 15.0. The van der Waals surface area contributed by atoms with Gasteiger partial charge < -0.3 is 5.32 Å². The van der Waals surface area contributed by atoms with Gasteiger partial charge in [0.1, 0.15) is 0 Å². The second kappa shape index (κ2) is 3.32. The van der Waals surface area contributed by atoms with Crippen LogP contribution in [0.1, 0.15) is 36.8 Å². The molecule has 6 rings (SSSR count). The van der Waals surface area contributed by atoms with Gasteiger partial charge in [-0.2, -0.15) is 0 Å². The standard InChI is InChI=1S/C18H21N/c1-2-4-15-14(3-1)11-16-17-7-5-13(6-8-17)12-18(15,17)9-10-19-16/h1-5,7,13,16,19H,6,8-12H2/t13-,16-,17+,18-/m1/s1. The molecular formula is C18H21N. The molecule has 0 amide bonds. The van der Waals surface area contributed by atoms with E-state index in [1.807, 2.05) is 0 Å². The number of rotatable bonds is 0. The average molecular weight is 251 g/mol. The Morgan fingerprint density at radius 3 is 3.00 bits per heavy atom. The summed E-state index contributed by atoms with van der Waals surface area (Å²) in [5, 5.41) is 3.85. The first-order valence-electron chi connectivity index (χ1n) is 7.85. The van der Waals surface area contributed by atoms with E-state index >= 15 is 0 Å². The number of fused-ring (bicyclic) bond motifs is 2. The first-order chi connectivity index (χ1) is 9.34. The number of benzene rings is 1. The molecule has 1 aromatic carbocycles. The number of allylic oxidation sites excluding steroid dienone is 1. The molecule has 1 saturated heterocycles. The van der Waals surface area contributed by atoms with Crippen LogP contribution in [0.15, 0.2) is 36.4 Å². The number of hydrogen-bond acceptors (Lipinski definition) is 1. The van der Waals surface area contributed by atoms with Gasteiger partial charge in [-0.3, -0.25) is 0 Å². The molecule has 1 spiro atoms. The molecule has 4 aliphatic carbocycles. The maximum absolute atomic E-state index is 3.85. The lowest BCUT2D eigenvalue weighted by molar-refractivity contribution is -0.0143. The molecule has 19 heavy (non-hydrogen) atoms. The number of piperidine rings is 1. The lowest BCUT2D eigenvalue weighted by Crippen LogP contribution is -2.68. The highest BCUT2D eigenvalue weighted by Gasteiger charge is 2.63. The Balaban J connectivity index is 1.83. The third-order valence-corrected chi connectivity index (χ3v) is 6.62. The second-order valence-electron chi connectivity index (χ2n) is 7.10. The molecular weight excluding hydrogens is 230 g/mol. The predicted octanol–water partition coefficient (Wildman–Crippen LogP) is 3.20. The molecule has 1 heterocycles. The molecule has 0 aromatic heterocycles. The van der Waals surface area contributed by atoms with Crippen molar-refractivity contribution in [1.82, 2.24) is 5.32 Å². The van der Waals surface area contributed by atoms with E-state index in [1.54, 1.807) is 11.1 Å². The summed E-state index contributed by atoms with van der Waals surface area (Å²) >= 11 is 0. The Morgan fingerprint density at radius 1 is 1.16 bits per heavy atom. The van der Waals surface area contributed by atoms with Crippen LogP contribution in [0.4, 0.5) is 0 Å². The van der Waals surface area contributed by atoms with Gasteiger partial charge in [-0.05, 0) is 55.7 Å². The van der Waals surface area contributed by atoms with Crippen molar-refractivity contribution < 1.29 is 0 Å². The molecule has 1 N–H and O–H groups in total. The fourth-order valence-electron chi connectivity index (χ4n) is 5.85. The van der Waals surface area contributed by atoms with E-state index in [0.29, 0.717) is 16.9 Å². The molecule has 0 radical (unpaired) electrons. The van der Waals surface area contributed by atoms with Crippen LogP contribution in [0.3, 0.4) is 0 Å². The van der Waals surface area contributed by atoms with Crippen LogP contribution in [-0.2, 0) is 11.8 Å². The molecule has 1 heteroatoms. The van der Waals surface area contributed by atoms with Gasteiger partial charge in [0.15, 0.2) is 0 Å². The lowest BCUT2D eigenvalue weighted by atomic mass is 9.41. The van der Waals surface area contributed by atoms with Crippen molar-refractivity contribution in [1.29, 1.82) is 0 Å². The molecule has 98 valence electrons. The van der Waals surface area contributed by atoms with Gasteiger partial charge in [-0.25, -0.2) is 0 Å². The Morgan fingerprint density at radius 2 is 2.11 bits per heavy atom. The van der Waals surface area contributed by atoms with Crippen molar-refractivity contribution in [2.24, 2.45) is 11.3 Å². The third kappa shape index (κ3) is 1.08. The Bertz CT molecular complexity index is 575. The number of hydrogen-bond donors (Lipinski definition) is 1. The fraction of sp³-hybridized carbons (Fsp3) is 0.556. The Kier molecular flexibility index (Phi) is 1.87. The quantitative estimate of drug-likeness (QED) is 0.698. The van der Waals surface area contributed by atoms with Crippen molar-refractivity contribution >= 4 is 0 Å². The topological polar surface area (TPSA) is 12.0 Å². The first-order valence-corrected chi connectivity index (χ1v) is 7.85. The van der Waals surface area contributed by atoms with Gasteiger partial charge >= 0.3 is 0 Å². The monoisotopic (exact) mass is 251 g/mol. The zero-order chi connectivity index (χ0) is 12.5. The van der Waals surface area contributed by atoms with E-state index in [2.05, 4.69) is 41.7 Å². The summed E-state index contributed by atoms with van der Waals surface area (Å²) in [6.07, 6.45) is 11.9. The third-order valence-electron chi connectivity index (χ3n) is 6.62. The summed E-state index contributed by atoms with van der Waals surface area (Å²) in [5.74, 6) is 0.840. The summed E-state index contributed by atoms with van der Waals surface area (Å²) < 4.78 is 0. The van der Waals surface area contributed by atoms with Crippen LogP contribution in [0.5, 0.6) is 0 Å². The van der Waals surface area contributed by atoms with Crippen LogP contribution in [0, 0.1) is 11.3 Å². The van der Waals surface area contributed by atoms with Crippen molar-refractivity contribution in [2.75, 3.05) is 6.54 Å². The molecule has 1 saturated carbocycles. The molecule has 4 bridgehead atoms. The SMILES string of the molecule is C1=C[C@@]23CC[C@@H]1C[C@@]21CCN[C@@H]3Cc2ccccc21. The fourth-order valence-corrected chi connectivity index (χ4v) is 5.85. The minimum atomic E-state index is 0.425. The summed E-state index contributed by atoms with van der Waals surface area (Å²) in [6, 6.07) is 9.97. The van der Waals surface area contributed by atoms with Gasteiger partial charge in [0.2, 0.25) is 0 Å². The smallest absolute Gasteiger partial charge is 0.0207 e. The normalized spacial score (nSPS) is 45.7. The van der Waals surface area contributed by atoms with E-state index in [1.165, 1.54) is 38.6 Å². The summed E-state index contributed by atoms with van der Waals surface area (Å²) in [7, 11) is 0. The summed E-state index contributed by atoms with van der Waals surface area (Å²) in [6.45, 7) is 1.21. The van der Waals surface area contributed by atoms with E-state index in [9.17, 15) is 0 Å². The zero-order valence-electron chi connectivity index (χ0n) is 11.4. The lowest BCUT2D eigenvalue weighted by Gasteiger charge is -2.66. The van der Waals surface area contributed by atoms with E-state index < -0.39 is 0 Å². The van der Waals surface area contributed by atoms with Gasteiger partial charge in [-0.15, -0.1) is 0 Å². The van der Waals surface area contributed by atoms with Gasteiger partial charge in [-0.1, -0.05) is 36.4 Å². The minimum Gasteiger partial charge on any atom is -0.313 e. The first kappa shape index (κ1) is 10.7. The highest BCUT2D eigenvalue weighted by Crippen LogP contribution is 2.65.